The van der Waals surface area contributed by atoms with E-state index in [9.17, 15) is 0 Å². The maximum atomic E-state index is 6.60. The van der Waals surface area contributed by atoms with Crippen LogP contribution in [-0.2, 0) is 0 Å². The summed E-state index contributed by atoms with van der Waals surface area (Å²) < 4.78 is 9.10. The van der Waals surface area contributed by atoms with Gasteiger partial charge in [-0.1, -0.05) is 115 Å². The van der Waals surface area contributed by atoms with Gasteiger partial charge in [-0.2, -0.15) is 0 Å². The maximum Gasteiger partial charge on any atom is 0.162 e. The van der Waals surface area contributed by atoms with Gasteiger partial charge < -0.3 is 4.42 Å². The summed E-state index contributed by atoms with van der Waals surface area (Å²) >= 11 is 1.81. The van der Waals surface area contributed by atoms with E-state index in [4.69, 9.17) is 19.4 Å². The molecule has 0 spiro atoms. The molecule has 224 valence electrons. The van der Waals surface area contributed by atoms with E-state index in [1.54, 1.807) is 0 Å². The first-order valence-electron chi connectivity index (χ1n) is 15.9. The van der Waals surface area contributed by atoms with Crippen molar-refractivity contribution in [2.24, 2.45) is 0 Å². The van der Waals surface area contributed by atoms with Crippen LogP contribution >= 0.6 is 11.3 Å². The normalized spacial score (nSPS) is 11.8. The van der Waals surface area contributed by atoms with Crippen molar-refractivity contribution in [1.29, 1.82) is 0 Å². The van der Waals surface area contributed by atoms with Gasteiger partial charge in [-0.25, -0.2) is 15.0 Å². The first-order valence-corrected chi connectivity index (χ1v) is 16.8. The number of furan rings is 1. The number of hydrogen-bond acceptors (Lipinski definition) is 5. The number of hydrogen-bond donors (Lipinski definition) is 0. The lowest BCUT2D eigenvalue weighted by molar-refractivity contribution is 0.669. The highest BCUT2D eigenvalue weighted by Gasteiger charge is 2.20. The van der Waals surface area contributed by atoms with Crippen molar-refractivity contribution in [3.63, 3.8) is 0 Å². The highest BCUT2D eigenvalue weighted by Crippen LogP contribution is 2.42. The summed E-state index contributed by atoms with van der Waals surface area (Å²) in [5, 5.41) is 5.63. The molecule has 0 radical (unpaired) electrons. The molecule has 0 saturated carbocycles. The summed E-state index contributed by atoms with van der Waals surface area (Å²) in [6, 6.07) is 52.4. The Morgan fingerprint density at radius 1 is 0.479 bits per heavy atom. The zero-order chi connectivity index (χ0) is 31.6. The second kappa shape index (κ2) is 10.7. The number of rotatable bonds is 4. The Kier molecular flexibility index (Phi) is 6.01. The lowest BCUT2D eigenvalue weighted by Crippen LogP contribution is -1.96. The van der Waals surface area contributed by atoms with Crippen molar-refractivity contribution in [3.05, 3.63) is 152 Å². The molecule has 10 rings (SSSR count). The second-order valence-electron chi connectivity index (χ2n) is 12.0. The van der Waals surface area contributed by atoms with Gasteiger partial charge in [0.25, 0.3) is 0 Å². The van der Waals surface area contributed by atoms with Gasteiger partial charge in [0.2, 0.25) is 0 Å². The number of pyridine rings is 1. The van der Waals surface area contributed by atoms with Crippen molar-refractivity contribution in [2.75, 3.05) is 0 Å². The summed E-state index contributed by atoms with van der Waals surface area (Å²) in [6.07, 6.45) is 0. The lowest BCUT2D eigenvalue weighted by atomic mass is 10.0. The van der Waals surface area contributed by atoms with E-state index in [0.717, 1.165) is 72.2 Å². The standard InChI is InChI=1S/C43H25N3OS/c1-3-12-26(13-4-1)35-25-36(32-19-11-18-30-29-16-8-10-21-38(29)48-42(30)32)46-43(45-35)28-22-23-37-33(24-28)39-31-17-7-9-20-34(31)44-40(41(39)47-37)27-14-5-2-6-15-27/h1-25H. The van der Waals surface area contributed by atoms with Crippen LogP contribution in [0.2, 0.25) is 0 Å². The maximum absolute atomic E-state index is 6.60. The molecule has 0 unspecified atom stereocenters. The molecule has 0 N–H and O–H groups in total. The van der Waals surface area contributed by atoms with Crippen molar-refractivity contribution >= 4 is 64.4 Å². The predicted molar refractivity (Wildman–Crippen MR) is 199 cm³/mol. The van der Waals surface area contributed by atoms with E-state index in [1.165, 1.54) is 20.2 Å². The van der Waals surface area contributed by atoms with Crippen LogP contribution in [0, 0.1) is 0 Å². The summed E-state index contributed by atoms with van der Waals surface area (Å²) in [5.41, 5.74) is 9.23. The Morgan fingerprint density at radius 3 is 2.04 bits per heavy atom. The molecule has 0 aliphatic heterocycles. The average Bonchev–Trinajstić information content (AvgIpc) is 3.74. The fourth-order valence-corrected chi connectivity index (χ4v) is 8.06. The van der Waals surface area contributed by atoms with Crippen LogP contribution in [0.3, 0.4) is 0 Å². The van der Waals surface area contributed by atoms with Gasteiger partial charge in [-0.3, -0.25) is 0 Å². The van der Waals surface area contributed by atoms with E-state index in [1.807, 2.05) is 47.7 Å². The third-order valence-corrected chi connectivity index (χ3v) is 10.3. The summed E-state index contributed by atoms with van der Waals surface area (Å²) in [6.45, 7) is 0. The molecular formula is C43H25N3OS. The van der Waals surface area contributed by atoms with Gasteiger partial charge in [0.05, 0.1) is 16.9 Å². The third kappa shape index (κ3) is 4.25. The molecule has 0 atom stereocenters. The van der Waals surface area contributed by atoms with Crippen molar-refractivity contribution in [3.8, 4) is 45.2 Å². The van der Waals surface area contributed by atoms with Gasteiger partial charge in [-0.05, 0) is 36.4 Å². The largest absolute Gasteiger partial charge is 0.454 e. The zero-order valence-electron chi connectivity index (χ0n) is 25.6. The molecule has 6 aromatic carbocycles. The first kappa shape index (κ1) is 27.0. The molecule has 0 saturated heterocycles. The highest BCUT2D eigenvalue weighted by molar-refractivity contribution is 7.26. The topological polar surface area (TPSA) is 51.8 Å². The zero-order valence-corrected chi connectivity index (χ0v) is 26.4. The molecule has 0 aliphatic rings. The number of fused-ring (bicyclic) bond motifs is 8. The predicted octanol–water partition coefficient (Wildman–Crippen LogP) is 12.0. The van der Waals surface area contributed by atoms with Gasteiger partial charge in [0.1, 0.15) is 11.3 Å². The Labute approximate surface area is 279 Å². The van der Waals surface area contributed by atoms with Crippen molar-refractivity contribution in [2.45, 2.75) is 0 Å². The minimum atomic E-state index is 0.669. The quantitative estimate of drug-likeness (QED) is 0.194. The Morgan fingerprint density at radius 2 is 1.19 bits per heavy atom. The van der Waals surface area contributed by atoms with Crippen molar-refractivity contribution in [1.82, 2.24) is 15.0 Å². The molecule has 4 heterocycles. The van der Waals surface area contributed by atoms with Crippen LogP contribution in [0.5, 0.6) is 0 Å². The second-order valence-corrected chi connectivity index (χ2v) is 13.0. The molecule has 5 heteroatoms. The van der Waals surface area contributed by atoms with E-state index >= 15 is 0 Å². The summed E-state index contributed by atoms with van der Waals surface area (Å²) in [7, 11) is 0. The van der Waals surface area contributed by atoms with E-state index < -0.39 is 0 Å². The summed E-state index contributed by atoms with van der Waals surface area (Å²) in [4.78, 5) is 15.5. The third-order valence-electron chi connectivity index (χ3n) is 9.09. The molecule has 48 heavy (non-hydrogen) atoms. The van der Waals surface area contributed by atoms with Gasteiger partial charge in [-0.15, -0.1) is 11.3 Å². The van der Waals surface area contributed by atoms with Gasteiger partial charge >= 0.3 is 0 Å². The average molecular weight is 632 g/mol. The van der Waals surface area contributed by atoms with Gasteiger partial charge in [0.15, 0.2) is 11.4 Å². The van der Waals surface area contributed by atoms with E-state index in [-0.39, 0.29) is 0 Å². The van der Waals surface area contributed by atoms with Crippen LogP contribution in [-0.4, -0.2) is 15.0 Å². The summed E-state index contributed by atoms with van der Waals surface area (Å²) in [5.74, 6) is 0.669. The van der Waals surface area contributed by atoms with Gasteiger partial charge in [0, 0.05) is 58.6 Å². The molecule has 0 bridgehead atoms. The minimum Gasteiger partial charge on any atom is -0.454 e. The molecule has 10 aromatic rings. The Hall–Kier alpha value is -6.17. The minimum absolute atomic E-state index is 0.669. The first-order chi connectivity index (χ1) is 23.8. The van der Waals surface area contributed by atoms with Crippen LogP contribution < -0.4 is 0 Å². The molecular weight excluding hydrogens is 607 g/mol. The number of thiophene rings is 1. The fourth-order valence-electron chi connectivity index (χ4n) is 6.84. The lowest BCUT2D eigenvalue weighted by Gasteiger charge is -2.10. The molecule has 0 aliphatic carbocycles. The Balaban J connectivity index is 1.23. The fraction of sp³-hybridized carbons (Fsp3) is 0. The smallest absolute Gasteiger partial charge is 0.162 e. The number of para-hydroxylation sites is 1. The Bertz CT molecular complexity index is 2840. The van der Waals surface area contributed by atoms with E-state index in [0.29, 0.717) is 5.82 Å². The number of aromatic nitrogens is 3. The number of nitrogens with zero attached hydrogens (tertiary/aromatic N) is 3. The molecule has 0 amide bonds. The van der Waals surface area contributed by atoms with E-state index in [2.05, 4.69) is 115 Å². The number of benzene rings is 6. The van der Waals surface area contributed by atoms with Crippen molar-refractivity contribution < 1.29 is 4.42 Å². The van der Waals surface area contributed by atoms with Crippen LogP contribution in [0.25, 0.3) is 98.2 Å². The highest BCUT2D eigenvalue weighted by atomic mass is 32.1. The van der Waals surface area contributed by atoms with Crippen LogP contribution in [0.1, 0.15) is 0 Å². The monoisotopic (exact) mass is 631 g/mol. The molecule has 4 nitrogen and oxygen atoms in total. The van der Waals surface area contributed by atoms with Crippen LogP contribution in [0.15, 0.2) is 156 Å². The molecule has 0 fully saturated rings. The molecule has 4 aromatic heterocycles. The van der Waals surface area contributed by atoms with Crippen LogP contribution in [0.4, 0.5) is 0 Å². The SMILES string of the molecule is c1ccc(-c2cc(-c3cccc4c3sc3ccccc34)nc(-c3ccc4oc5c(-c6ccccc6)nc6ccccc6c5c4c3)n2)cc1.